The smallest absolute Gasteiger partial charge is 0.213 e. The third kappa shape index (κ3) is 4.06. The van der Waals surface area contributed by atoms with Gasteiger partial charge in [-0.1, -0.05) is 19.3 Å². The summed E-state index contributed by atoms with van der Waals surface area (Å²) in [6, 6.07) is 0. The predicted molar refractivity (Wildman–Crippen MR) is 50.8 cm³/mol. The molecule has 1 aliphatic rings. The van der Waals surface area contributed by atoms with E-state index in [0.717, 1.165) is 12.3 Å². The van der Waals surface area contributed by atoms with Gasteiger partial charge in [0.15, 0.2) is 0 Å². The van der Waals surface area contributed by atoms with Gasteiger partial charge in [-0.2, -0.15) is 0 Å². The summed E-state index contributed by atoms with van der Waals surface area (Å²) in [5.74, 6) is 0.536. The van der Waals surface area contributed by atoms with Gasteiger partial charge in [0.25, 0.3) is 0 Å². The molecule has 0 radical (unpaired) electrons. The molecule has 78 valence electrons. The second kappa shape index (κ2) is 4.93. The van der Waals surface area contributed by atoms with E-state index >= 15 is 0 Å². The highest BCUT2D eigenvalue weighted by atomic mass is 32.2. The van der Waals surface area contributed by atoms with Crippen molar-refractivity contribution in [2.75, 3.05) is 18.9 Å². The highest BCUT2D eigenvalue weighted by molar-refractivity contribution is 7.89. The van der Waals surface area contributed by atoms with E-state index in [1.807, 2.05) is 0 Å². The molecule has 0 aliphatic heterocycles. The number of aliphatic hydroxyl groups excluding tert-OH is 1. The first-order chi connectivity index (χ1) is 6.14. The minimum Gasteiger partial charge on any atom is -0.395 e. The van der Waals surface area contributed by atoms with Gasteiger partial charge in [-0.15, -0.1) is 0 Å². The van der Waals surface area contributed by atoms with Gasteiger partial charge in [-0.25, -0.2) is 13.1 Å². The molecule has 4 nitrogen and oxygen atoms in total. The van der Waals surface area contributed by atoms with Crippen LogP contribution in [-0.2, 0) is 10.0 Å². The summed E-state index contributed by atoms with van der Waals surface area (Å²) in [7, 11) is -3.21. The van der Waals surface area contributed by atoms with Gasteiger partial charge >= 0.3 is 0 Å². The fourth-order valence-corrected chi connectivity index (χ4v) is 2.21. The van der Waals surface area contributed by atoms with Crippen molar-refractivity contribution >= 4 is 10.0 Å². The first-order valence-corrected chi connectivity index (χ1v) is 6.37. The maximum absolute atomic E-state index is 11.0. The summed E-state index contributed by atoms with van der Waals surface area (Å²) in [5, 5.41) is 8.45. The van der Waals surface area contributed by atoms with Gasteiger partial charge in [-0.05, 0) is 12.3 Å². The van der Waals surface area contributed by atoms with Crippen LogP contribution in [0.2, 0.25) is 0 Å². The average Bonchev–Trinajstić information content (AvgIpc) is 1.94. The lowest BCUT2D eigenvalue weighted by atomic mass is 9.83. The molecule has 1 rings (SSSR count). The van der Waals surface area contributed by atoms with Gasteiger partial charge in [0.2, 0.25) is 10.0 Å². The topological polar surface area (TPSA) is 66.4 Å². The Morgan fingerprint density at radius 3 is 2.54 bits per heavy atom. The molecular weight excluding hydrogens is 190 g/mol. The summed E-state index contributed by atoms with van der Waals surface area (Å²) in [5.41, 5.74) is 0. The van der Waals surface area contributed by atoms with Crippen molar-refractivity contribution in [3.8, 4) is 0 Å². The van der Waals surface area contributed by atoms with Crippen LogP contribution in [0.5, 0.6) is 0 Å². The number of sulfonamides is 1. The van der Waals surface area contributed by atoms with E-state index in [1.54, 1.807) is 0 Å². The molecule has 0 amide bonds. The quantitative estimate of drug-likeness (QED) is 0.648. The Morgan fingerprint density at radius 1 is 1.38 bits per heavy atom. The Bertz CT molecular complexity index is 234. The van der Waals surface area contributed by atoms with Crippen molar-refractivity contribution < 1.29 is 13.5 Å². The van der Waals surface area contributed by atoms with Gasteiger partial charge in [0.1, 0.15) is 0 Å². The molecule has 0 aromatic heterocycles. The predicted octanol–water partition coefficient (Wildman–Crippen LogP) is 0.0883. The van der Waals surface area contributed by atoms with Crippen LogP contribution < -0.4 is 4.72 Å². The first kappa shape index (κ1) is 10.9. The summed E-state index contributed by atoms with van der Waals surface area (Å²) in [6.45, 7) is 0.214. The van der Waals surface area contributed by atoms with Crippen LogP contribution in [0.3, 0.4) is 0 Å². The highest BCUT2D eigenvalue weighted by Gasteiger charge is 2.17. The minimum atomic E-state index is -3.21. The summed E-state index contributed by atoms with van der Waals surface area (Å²) in [6.07, 6.45) is 4.70. The SMILES string of the molecule is O=S(=O)(CCO)NCCC1CCC1. The van der Waals surface area contributed by atoms with Crippen molar-refractivity contribution in [1.29, 1.82) is 0 Å². The summed E-state index contributed by atoms with van der Waals surface area (Å²) >= 11 is 0. The van der Waals surface area contributed by atoms with Crippen LogP contribution in [0.15, 0.2) is 0 Å². The lowest BCUT2D eigenvalue weighted by Gasteiger charge is -2.24. The van der Waals surface area contributed by atoms with E-state index in [9.17, 15) is 8.42 Å². The van der Waals surface area contributed by atoms with E-state index in [4.69, 9.17) is 5.11 Å². The highest BCUT2D eigenvalue weighted by Crippen LogP contribution is 2.28. The largest absolute Gasteiger partial charge is 0.395 e. The van der Waals surface area contributed by atoms with Gasteiger partial charge in [0, 0.05) is 6.54 Å². The van der Waals surface area contributed by atoms with E-state index in [1.165, 1.54) is 19.3 Å². The number of aliphatic hydroxyl groups is 1. The Kier molecular flexibility index (Phi) is 4.15. The monoisotopic (exact) mass is 207 g/mol. The molecule has 0 aromatic carbocycles. The van der Waals surface area contributed by atoms with E-state index in [-0.39, 0.29) is 12.4 Å². The van der Waals surface area contributed by atoms with Crippen molar-refractivity contribution in [2.45, 2.75) is 25.7 Å². The van der Waals surface area contributed by atoms with Crippen LogP contribution in [-0.4, -0.2) is 32.4 Å². The fraction of sp³-hybridized carbons (Fsp3) is 1.00. The second-order valence-corrected chi connectivity index (χ2v) is 5.45. The zero-order chi connectivity index (χ0) is 9.73. The molecule has 0 atom stereocenters. The normalized spacial score (nSPS) is 18.5. The van der Waals surface area contributed by atoms with Crippen LogP contribution >= 0.6 is 0 Å². The van der Waals surface area contributed by atoms with Crippen LogP contribution in [0, 0.1) is 5.92 Å². The van der Waals surface area contributed by atoms with Crippen LogP contribution in [0.4, 0.5) is 0 Å². The Balaban J connectivity index is 2.09. The third-order valence-corrected chi connectivity index (χ3v) is 3.82. The van der Waals surface area contributed by atoms with Gasteiger partial charge in [0.05, 0.1) is 12.4 Å². The van der Waals surface area contributed by atoms with Crippen molar-refractivity contribution in [2.24, 2.45) is 5.92 Å². The van der Waals surface area contributed by atoms with Crippen LogP contribution in [0.1, 0.15) is 25.7 Å². The molecule has 0 saturated heterocycles. The summed E-state index contributed by atoms with van der Waals surface area (Å²) in [4.78, 5) is 0. The molecule has 0 heterocycles. The molecule has 13 heavy (non-hydrogen) atoms. The lowest BCUT2D eigenvalue weighted by Crippen LogP contribution is -2.30. The van der Waals surface area contributed by atoms with Crippen molar-refractivity contribution in [3.05, 3.63) is 0 Å². The number of hydrogen-bond acceptors (Lipinski definition) is 3. The standard InChI is InChI=1S/C8H17NO3S/c10-6-7-13(11,12)9-5-4-8-2-1-3-8/h8-10H,1-7H2. The molecule has 1 saturated carbocycles. The van der Waals surface area contributed by atoms with E-state index in [0.29, 0.717) is 6.54 Å². The third-order valence-electron chi connectivity index (χ3n) is 2.46. The number of rotatable bonds is 6. The van der Waals surface area contributed by atoms with Crippen molar-refractivity contribution in [3.63, 3.8) is 0 Å². The molecule has 0 spiro atoms. The molecule has 2 N–H and O–H groups in total. The Morgan fingerprint density at radius 2 is 2.08 bits per heavy atom. The molecule has 5 heteroatoms. The Labute approximate surface area is 79.4 Å². The zero-order valence-corrected chi connectivity index (χ0v) is 8.52. The first-order valence-electron chi connectivity index (χ1n) is 4.72. The van der Waals surface area contributed by atoms with E-state index < -0.39 is 10.0 Å². The Hall–Kier alpha value is -0.130. The van der Waals surface area contributed by atoms with Crippen molar-refractivity contribution in [1.82, 2.24) is 4.72 Å². The van der Waals surface area contributed by atoms with E-state index in [2.05, 4.69) is 4.72 Å². The van der Waals surface area contributed by atoms with Gasteiger partial charge < -0.3 is 5.11 Å². The summed E-state index contributed by atoms with van der Waals surface area (Å²) < 4.78 is 24.6. The molecule has 0 aromatic rings. The fourth-order valence-electron chi connectivity index (χ4n) is 1.39. The lowest BCUT2D eigenvalue weighted by molar-refractivity contribution is 0.296. The number of nitrogens with one attached hydrogen (secondary N) is 1. The molecule has 0 unspecified atom stereocenters. The molecule has 1 aliphatic carbocycles. The maximum atomic E-state index is 11.0. The average molecular weight is 207 g/mol. The maximum Gasteiger partial charge on any atom is 0.213 e. The number of hydrogen-bond donors (Lipinski definition) is 2. The van der Waals surface area contributed by atoms with Gasteiger partial charge in [-0.3, -0.25) is 0 Å². The second-order valence-electron chi connectivity index (χ2n) is 3.52. The minimum absolute atomic E-state index is 0.183. The molecular formula is C8H17NO3S. The molecule has 0 bridgehead atoms. The zero-order valence-electron chi connectivity index (χ0n) is 7.70. The van der Waals surface area contributed by atoms with Crippen LogP contribution in [0.25, 0.3) is 0 Å². The molecule has 1 fully saturated rings.